The van der Waals surface area contributed by atoms with E-state index in [9.17, 15) is 9.59 Å². The Kier molecular flexibility index (Phi) is 5.22. The minimum absolute atomic E-state index is 0.0499. The summed E-state index contributed by atoms with van der Waals surface area (Å²) in [5.74, 6) is 0.611. The van der Waals surface area contributed by atoms with Crippen molar-refractivity contribution in [1.82, 2.24) is 15.0 Å². The largest absolute Gasteiger partial charge is 0.467 e. The van der Waals surface area contributed by atoms with E-state index < -0.39 is 0 Å². The van der Waals surface area contributed by atoms with Crippen LogP contribution in [0.15, 0.2) is 68.2 Å². The Balaban J connectivity index is 1.56. The molecule has 1 amide bonds. The average molecular weight is 409 g/mol. The summed E-state index contributed by atoms with van der Waals surface area (Å²) >= 11 is 1.10. The van der Waals surface area contributed by atoms with Crippen LogP contribution in [-0.2, 0) is 4.79 Å². The number of thioether (sulfide) groups is 1. The van der Waals surface area contributed by atoms with E-state index in [2.05, 4.69) is 15.1 Å². The Morgan fingerprint density at radius 2 is 2.14 bits per heavy atom. The normalized spacial score (nSPS) is 16.1. The molecule has 1 unspecified atom stereocenters. The van der Waals surface area contributed by atoms with Gasteiger partial charge in [0, 0.05) is 12.5 Å². The minimum Gasteiger partial charge on any atom is -0.467 e. The molecule has 0 saturated carbocycles. The highest BCUT2D eigenvalue weighted by Crippen LogP contribution is 2.33. The first-order valence-electron chi connectivity index (χ1n) is 8.99. The Morgan fingerprint density at radius 1 is 1.34 bits per heavy atom. The quantitative estimate of drug-likeness (QED) is 0.494. The maximum atomic E-state index is 12.9. The number of benzene rings is 1. The number of rotatable bonds is 5. The molecule has 0 bridgehead atoms. The maximum absolute atomic E-state index is 12.9. The second-order valence-electron chi connectivity index (χ2n) is 6.65. The molecule has 1 aromatic carbocycles. The minimum atomic E-state index is -0.359. The molecule has 0 aliphatic carbocycles. The van der Waals surface area contributed by atoms with Crippen molar-refractivity contribution in [3.8, 4) is 0 Å². The van der Waals surface area contributed by atoms with Crippen LogP contribution in [0.5, 0.6) is 0 Å². The molecule has 2 aromatic heterocycles. The molecule has 8 nitrogen and oxygen atoms in total. The molecule has 9 heteroatoms. The molecular weight excluding hydrogens is 390 g/mol. The number of hydrazone groups is 1. The van der Waals surface area contributed by atoms with E-state index in [0.717, 1.165) is 28.6 Å². The van der Waals surface area contributed by atoms with Gasteiger partial charge in [-0.15, -0.1) is 0 Å². The number of carbonyl (C=O) groups is 1. The molecule has 0 spiro atoms. The standard InChI is InChI=1S/C20H19N5O3S/c1-12-4-6-13(7-5-12)14-9-15(16-3-2-8-28-16)25(24-14)19(27)11-29-20-22-17(21)10-18(26)23-20/h2-8,10,15H,9,11H2,1H3,(H3,21,22,23,26). The van der Waals surface area contributed by atoms with Crippen molar-refractivity contribution in [2.75, 3.05) is 11.5 Å². The fourth-order valence-corrected chi connectivity index (χ4v) is 3.82. The highest BCUT2D eigenvalue weighted by molar-refractivity contribution is 7.99. The maximum Gasteiger partial charge on any atom is 0.253 e. The third-order valence-electron chi connectivity index (χ3n) is 4.49. The number of aromatic amines is 1. The van der Waals surface area contributed by atoms with Crippen molar-refractivity contribution >= 4 is 29.2 Å². The zero-order valence-electron chi connectivity index (χ0n) is 15.7. The van der Waals surface area contributed by atoms with Gasteiger partial charge in [0.15, 0.2) is 5.16 Å². The predicted molar refractivity (Wildman–Crippen MR) is 111 cm³/mol. The van der Waals surface area contributed by atoms with E-state index in [1.165, 1.54) is 11.1 Å². The van der Waals surface area contributed by atoms with E-state index in [4.69, 9.17) is 10.2 Å². The van der Waals surface area contributed by atoms with Crippen LogP contribution in [0, 0.1) is 6.92 Å². The third-order valence-corrected chi connectivity index (χ3v) is 5.35. The number of hydrogen-bond donors (Lipinski definition) is 2. The smallest absolute Gasteiger partial charge is 0.253 e. The number of nitrogens with two attached hydrogens (primary N) is 1. The molecule has 0 fully saturated rings. The number of H-pyrrole nitrogens is 1. The first-order valence-corrected chi connectivity index (χ1v) is 9.98. The first kappa shape index (κ1) is 19.0. The van der Waals surface area contributed by atoms with Gasteiger partial charge in [0.1, 0.15) is 17.6 Å². The van der Waals surface area contributed by atoms with Crippen LogP contribution in [-0.4, -0.2) is 32.3 Å². The average Bonchev–Trinajstić information content (AvgIpc) is 3.35. The number of nitrogens with zero attached hydrogens (tertiary/aromatic N) is 3. The summed E-state index contributed by atoms with van der Waals surface area (Å²) in [6, 6.07) is 12.5. The summed E-state index contributed by atoms with van der Waals surface area (Å²) in [5, 5.41) is 6.32. The predicted octanol–water partition coefficient (Wildman–Crippen LogP) is 2.72. The van der Waals surface area contributed by atoms with Crippen LogP contribution in [0.3, 0.4) is 0 Å². The summed E-state index contributed by atoms with van der Waals surface area (Å²) in [6.07, 6.45) is 2.14. The number of amides is 1. The van der Waals surface area contributed by atoms with E-state index in [1.54, 1.807) is 12.3 Å². The summed E-state index contributed by atoms with van der Waals surface area (Å²) in [5.41, 5.74) is 8.18. The van der Waals surface area contributed by atoms with Gasteiger partial charge in [0.25, 0.3) is 11.5 Å². The lowest BCUT2D eigenvalue weighted by atomic mass is 10.0. The van der Waals surface area contributed by atoms with Gasteiger partial charge in [-0.2, -0.15) is 5.10 Å². The Morgan fingerprint density at radius 3 is 2.83 bits per heavy atom. The summed E-state index contributed by atoms with van der Waals surface area (Å²) in [4.78, 5) is 31.1. The molecule has 1 atom stereocenters. The lowest BCUT2D eigenvalue weighted by Crippen LogP contribution is -2.28. The molecule has 3 N–H and O–H groups in total. The van der Waals surface area contributed by atoms with Gasteiger partial charge in [0.2, 0.25) is 0 Å². The van der Waals surface area contributed by atoms with Gasteiger partial charge in [0.05, 0.1) is 17.7 Å². The number of furan rings is 1. The summed E-state index contributed by atoms with van der Waals surface area (Å²) < 4.78 is 5.55. The van der Waals surface area contributed by atoms with Crippen LogP contribution in [0.25, 0.3) is 0 Å². The molecule has 1 aliphatic rings. The van der Waals surface area contributed by atoms with Gasteiger partial charge < -0.3 is 15.1 Å². The van der Waals surface area contributed by atoms with Crippen molar-refractivity contribution in [3.63, 3.8) is 0 Å². The zero-order valence-corrected chi connectivity index (χ0v) is 16.5. The van der Waals surface area contributed by atoms with Gasteiger partial charge in [-0.1, -0.05) is 41.6 Å². The molecule has 3 heterocycles. The highest BCUT2D eigenvalue weighted by Gasteiger charge is 2.34. The molecule has 4 rings (SSSR count). The number of aryl methyl sites for hydroxylation is 1. The van der Waals surface area contributed by atoms with Crippen molar-refractivity contribution in [2.45, 2.75) is 24.5 Å². The van der Waals surface area contributed by atoms with Crippen molar-refractivity contribution < 1.29 is 9.21 Å². The lowest BCUT2D eigenvalue weighted by Gasteiger charge is -2.19. The topological polar surface area (TPSA) is 118 Å². The van der Waals surface area contributed by atoms with Gasteiger partial charge in [-0.3, -0.25) is 9.59 Å². The molecule has 29 heavy (non-hydrogen) atoms. The van der Waals surface area contributed by atoms with Gasteiger partial charge in [-0.25, -0.2) is 9.99 Å². The second kappa shape index (κ2) is 7.96. The fraction of sp³-hybridized carbons (Fsp3) is 0.200. The number of anilines is 1. The number of nitrogen functional groups attached to an aromatic ring is 1. The molecule has 3 aromatic rings. The van der Waals surface area contributed by atoms with Crippen molar-refractivity contribution in [3.05, 3.63) is 76.0 Å². The van der Waals surface area contributed by atoms with E-state index in [-0.39, 0.29) is 29.1 Å². The van der Waals surface area contributed by atoms with Crippen molar-refractivity contribution in [2.24, 2.45) is 5.10 Å². The molecule has 0 saturated heterocycles. The van der Waals surface area contributed by atoms with Crippen LogP contribution < -0.4 is 11.3 Å². The van der Waals surface area contributed by atoms with E-state index in [0.29, 0.717) is 17.3 Å². The lowest BCUT2D eigenvalue weighted by molar-refractivity contribution is -0.130. The monoisotopic (exact) mass is 409 g/mol. The SMILES string of the molecule is Cc1ccc(C2=NN(C(=O)CSc3nc(N)cc(=O)[nH]3)C(c3ccco3)C2)cc1. The second-order valence-corrected chi connectivity index (χ2v) is 7.61. The zero-order chi connectivity index (χ0) is 20.4. The van der Waals surface area contributed by atoms with Crippen LogP contribution in [0.1, 0.15) is 29.3 Å². The summed E-state index contributed by atoms with van der Waals surface area (Å²) in [6.45, 7) is 2.02. The highest BCUT2D eigenvalue weighted by atomic mass is 32.2. The summed E-state index contributed by atoms with van der Waals surface area (Å²) in [7, 11) is 0. The van der Waals surface area contributed by atoms with E-state index in [1.807, 2.05) is 37.3 Å². The van der Waals surface area contributed by atoms with Crippen LogP contribution >= 0.6 is 11.8 Å². The van der Waals surface area contributed by atoms with Gasteiger partial charge >= 0.3 is 0 Å². The van der Waals surface area contributed by atoms with Gasteiger partial charge in [-0.05, 0) is 24.6 Å². The Labute approximate surface area is 170 Å². The molecule has 1 aliphatic heterocycles. The number of hydrogen-bond acceptors (Lipinski definition) is 7. The Bertz CT molecular complexity index is 1110. The Hall–Kier alpha value is -3.33. The van der Waals surface area contributed by atoms with Crippen LogP contribution in [0.2, 0.25) is 0 Å². The number of aromatic nitrogens is 2. The molecular formula is C20H19N5O3S. The van der Waals surface area contributed by atoms with Crippen molar-refractivity contribution in [1.29, 1.82) is 0 Å². The molecule has 0 radical (unpaired) electrons. The molecule has 148 valence electrons. The number of carbonyl (C=O) groups excluding carboxylic acids is 1. The first-order chi connectivity index (χ1) is 14.0. The number of nitrogens with one attached hydrogen (secondary N) is 1. The third kappa shape index (κ3) is 4.24. The van der Waals surface area contributed by atoms with E-state index >= 15 is 0 Å². The fourth-order valence-electron chi connectivity index (χ4n) is 3.08. The van der Waals surface area contributed by atoms with Crippen LogP contribution in [0.4, 0.5) is 5.82 Å².